The minimum atomic E-state index is -0.670. The molecule has 3 rings (SSSR count). The van der Waals surface area contributed by atoms with Crippen molar-refractivity contribution in [2.24, 2.45) is 0 Å². The predicted octanol–water partition coefficient (Wildman–Crippen LogP) is 4.90. The molecule has 0 saturated carbocycles. The molecule has 0 unspecified atom stereocenters. The Balaban J connectivity index is 1.58. The molecule has 0 aliphatic rings. The van der Waals surface area contributed by atoms with Crippen LogP contribution in [-0.4, -0.2) is 81.1 Å². The highest BCUT2D eigenvalue weighted by Gasteiger charge is 2.26. The summed E-state index contributed by atoms with van der Waals surface area (Å²) in [6.07, 6.45) is 4.26. The van der Waals surface area contributed by atoms with Crippen LogP contribution in [0.2, 0.25) is 0 Å². The first-order chi connectivity index (χ1) is 20.9. The van der Waals surface area contributed by atoms with Crippen molar-refractivity contribution in [3.05, 3.63) is 36.2 Å². The van der Waals surface area contributed by atoms with E-state index in [1.165, 1.54) is 16.6 Å². The summed E-state index contributed by atoms with van der Waals surface area (Å²) in [5, 5.41) is 14.2. The predicted molar refractivity (Wildman–Crippen MR) is 169 cm³/mol. The summed E-state index contributed by atoms with van der Waals surface area (Å²) >= 11 is 0. The Morgan fingerprint density at radius 1 is 1.14 bits per heavy atom. The highest BCUT2D eigenvalue weighted by atomic mass is 16.6. The quantitative estimate of drug-likeness (QED) is 0.203. The maximum Gasteiger partial charge on any atom is 0.435 e. The van der Waals surface area contributed by atoms with Crippen molar-refractivity contribution in [3.8, 4) is 11.8 Å². The lowest BCUT2D eigenvalue weighted by molar-refractivity contribution is -0.125. The number of unbranched alkanes of at least 4 members (excludes halogenated alkanes) is 1. The van der Waals surface area contributed by atoms with Gasteiger partial charge in [-0.1, -0.05) is 18.8 Å². The molecule has 2 aromatic heterocycles. The van der Waals surface area contributed by atoms with E-state index in [-0.39, 0.29) is 12.5 Å². The minimum Gasteiger partial charge on any atom is -0.448 e. The molecular formula is C31H42N8O5. The SMILES string of the molecule is CCCNc1nc(Nc2ccc3c(cnn3C(=O)OCC)c2)ncc1C#CCCCNC(=O)[C@H](C)N(C)C(=O)OC(C)(C)C. The Morgan fingerprint density at radius 3 is 2.61 bits per heavy atom. The van der Waals surface area contributed by atoms with Gasteiger partial charge < -0.3 is 25.4 Å². The molecule has 2 heterocycles. The van der Waals surface area contributed by atoms with Crippen LogP contribution in [0.15, 0.2) is 30.6 Å². The molecule has 3 N–H and O–H groups in total. The molecule has 13 nitrogen and oxygen atoms in total. The summed E-state index contributed by atoms with van der Waals surface area (Å²) in [7, 11) is 1.54. The second-order valence-electron chi connectivity index (χ2n) is 11.0. The van der Waals surface area contributed by atoms with Crippen molar-refractivity contribution in [2.45, 2.75) is 72.4 Å². The molecule has 13 heteroatoms. The molecule has 0 aliphatic heterocycles. The summed E-state index contributed by atoms with van der Waals surface area (Å²) in [5.41, 5.74) is 1.39. The van der Waals surface area contributed by atoms with E-state index in [1.807, 2.05) is 12.1 Å². The second-order valence-corrected chi connectivity index (χ2v) is 11.0. The van der Waals surface area contributed by atoms with Crippen LogP contribution in [0.4, 0.5) is 27.0 Å². The first-order valence-electron chi connectivity index (χ1n) is 14.7. The van der Waals surface area contributed by atoms with E-state index in [0.29, 0.717) is 48.8 Å². The molecule has 236 valence electrons. The Bertz CT molecular complexity index is 1520. The Hall–Kier alpha value is -4.86. The number of hydrogen-bond donors (Lipinski definition) is 3. The van der Waals surface area contributed by atoms with E-state index >= 15 is 0 Å². The Morgan fingerprint density at radius 2 is 1.91 bits per heavy atom. The van der Waals surface area contributed by atoms with E-state index in [1.54, 1.807) is 53.1 Å². The molecule has 0 aliphatic carbocycles. The first-order valence-corrected chi connectivity index (χ1v) is 14.7. The number of rotatable bonds is 11. The van der Waals surface area contributed by atoms with Crippen LogP contribution in [0.3, 0.4) is 0 Å². The monoisotopic (exact) mass is 606 g/mol. The topological polar surface area (TPSA) is 153 Å². The normalized spacial score (nSPS) is 11.6. The highest BCUT2D eigenvalue weighted by molar-refractivity contribution is 5.90. The fraction of sp³-hybridized carbons (Fsp3) is 0.484. The van der Waals surface area contributed by atoms with Crippen molar-refractivity contribution in [2.75, 3.05) is 37.4 Å². The Labute approximate surface area is 258 Å². The third kappa shape index (κ3) is 9.58. The zero-order valence-electron chi connectivity index (χ0n) is 26.5. The van der Waals surface area contributed by atoms with E-state index < -0.39 is 23.8 Å². The number of ether oxygens (including phenoxy) is 2. The van der Waals surface area contributed by atoms with Crippen molar-refractivity contribution in [1.29, 1.82) is 0 Å². The largest absolute Gasteiger partial charge is 0.448 e. The number of nitrogens with zero attached hydrogens (tertiary/aromatic N) is 5. The summed E-state index contributed by atoms with van der Waals surface area (Å²) in [6, 6.07) is 4.77. The lowest BCUT2D eigenvalue weighted by atomic mass is 10.2. The van der Waals surface area contributed by atoms with Gasteiger partial charge in [0.05, 0.1) is 30.1 Å². The van der Waals surface area contributed by atoms with Crippen molar-refractivity contribution in [3.63, 3.8) is 0 Å². The minimum absolute atomic E-state index is 0.263. The molecule has 3 aromatic rings. The van der Waals surface area contributed by atoms with Crippen LogP contribution in [0.1, 0.15) is 66.4 Å². The number of anilines is 3. The van der Waals surface area contributed by atoms with Crippen LogP contribution >= 0.6 is 0 Å². The standard InChI is InChI=1S/C31H42N8O5/c1-8-16-32-26-22(13-11-10-12-17-33-27(40)21(3)38(7)29(41)44-31(4,5)6)19-34-28(37-26)36-24-14-15-25-23(18-24)20-35-39(25)30(42)43-9-2/h14-15,18-21H,8-10,12,16-17H2,1-7H3,(H,33,40)(H2,32,34,36,37)/t21-/m0/s1. The average molecular weight is 607 g/mol. The lowest BCUT2D eigenvalue weighted by Crippen LogP contribution is -2.47. The molecule has 0 radical (unpaired) electrons. The number of fused-ring (bicyclic) bond motifs is 1. The van der Waals surface area contributed by atoms with Crippen molar-refractivity contribution < 1.29 is 23.9 Å². The van der Waals surface area contributed by atoms with E-state index in [9.17, 15) is 14.4 Å². The molecule has 0 fully saturated rings. The van der Waals surface area contributed by atoms with Gasteiger partial charge in [0.1, 0.15) is 17.5 Å². The zero-order chi connectivity index (χ0) is 32.3. The summed E-state index contributed by atoms with van der Waals surface area (Å²) in [5.74, 6) is 6.99. The number of benzene rings is 1. The van der Waals surface area contributed by atoms with E-state index in [0.717, 1.165) is 17.5 Å². The van der Waals surface area contributed by atoms with Crippen LogP contribution in [0, 0.1) is 11.8 Å². The fourth-order valence-electron chi connectivity index (χ4n) is 3.84. The van der Waals surface area contributed by atoms with Gasteiger partial charge in [-0.15, -0.1) is 0 Å². The molecule has 0 spiro atoms. The maximum absolute atomic E-state index is 12.5. The number of hydrogen-bond acceptors (Lipinski definition) is 10. The number of likely N-dealkylation sites (N-methyl/N-ethyl adjacent to an activating group) is 1. The highest BCUT2D eigenvalue weighted by Crippen LogP contribution is 2.22. The van der Waals surface area contributed by atoms with Crippen LogP contribution in [0.25, 0.3) is 10.9 Å². The average Bonchev–Trinajstić information content (AvgIpc) is 3.40. The molecule has 1 atom stereocenters. The number of nitrogens with one attached hydrogen (secondary N) is 3. The molecule has 0 bridgehead atoms. The van der Waals surface area contributed by atoms with Gasteiger partial charge >= 0.3 is 12.2 Å². The van der Waals surface area contributed by atoms with E-state index in [4.69, 9.17) is 9.47 Å². The van der Waals surface area contributed by atoms with Gasteiger partial charge in [-0.3, -0.25) is 9.69 Å². The van der Waals surface area contributed by atoms with Crippen LogP contribution in [0.5, 0.6) is 0 Å². The summed E-state index contributed by atoms with van der Waals surface area (Å²) < 4.78 is 11.6. The first kappa shape index (κ1) is 33.6. The van der Waals surface area contributed by atoms with Gasteiger partial charge in [0.2, 0.25) is 11.9 Å². The smallest absolute Gasteiger partial charge is 0.435 e. The third-order valence-electron chi connectivity index (χ3n) is 6.24. The van der Waals surface area contributed by atoms with Crippen molar-refractivity contribution in [1.82, 2.24) is 30.0 Å². The number of carbonyl (C=O) groups is 3. The fourth-order valence-corrected chi connectivity index (χ4v) is 3.84. The molecule has 0 saturated heterocycles. The van der Waals surface area contributed by atoms with Crippen molar-refractivity contribution >= 4 is 46.5 Å². The van der Waals surface area contributed by atoms with Gasteiger partial charge in [-0.05, 0) is 65.7 Å². The van der Waals surface area contributed by atoms with Crippen LogP contribution in [-0.2, 0) is 14.3 Å². The van der Waals surface area contributed by atoms with Crippen LogP contribution < -0.4 is 16.0 Å². The Kier molecular flexibility index (Phi) is 11.9. The number of amides is 2. The summed E-state index contributed by atoms with van der Waals surface area (Å²) in [6.45, 7) is 12.2. The third-order valence-corrected chi connectivity index (χ3v) is 6.24. The molecular weight excluding hydrogens is 564 g/mol. The second kappa shape index (κ2) is 15.6. The van der Waals surface area contributed by atoms with Gasteiger partial charge in [-0.25, -0.2) is 14.6 Å². The molecule has 1 aromatic carbocycles. The van der Waals surface area contributed by atoms with Gasteiger partial charge in [-0.2, -0.15) is 14.8 Å². The zero-order valence-corrected chi connectivity index (χ0v) is 26.5. The van der Waals surface area contributed by atoms with Gasteiger partial charge in [0.25, 0.3) is 0 Å². The van der Waals surface area contributed by atoms with Gasteiger partial charge in [0, 0.05) is 37.6 Å². The number of carbonyl (C=O) groups excluding carboxylic acids is 3. The molecule has 44 heavy (non-hydrogen) atoms. The van der Waals surface area contributed by atoms with E-state index in [2.05, 4.69) is 49.8 Å². The molecule has 2 amide bonds. The lowest BCUT2D eigenvalue weighted by Gasteiger charge is -2.28. The summed E-state index contributed by atoms with van der Waals surface area (Å²) in [4.78, 5) is 47.1. The van der Waals surface area contributed by atoms with Gasteiger partial charge in [0.15, 0.2) is 0 Å². The maximum atomic E-state index is 12.5. The number of aromatic nitrogens is 4.